The third-order valence-corrected chi connectivity index (χ3v) is 7.02. The first-order valence-electron chi connectivity index (χ1n) is 12.9. The van der Waals surface area contributed by atoms with Crippen LogP contribution in [0.15, 0.2) is 94.5 Å². The summed E-state index contributed by atoms with van der Waals surface area (Å²) in [6.45, 7) is 7.57. The second kappa shape index (κ2) is 11.8. The van der Waals surface area contributed by atoms with E-state index in [1.54, 1.807) is 6.08 Å². The molecule has 5 rings (SSSR count). The van der Waals surface area contributed by atoms with E-state index in [-0.39, 0.29) is 23.4 Å². The zero-order chi connectivity index (χ0) is 28.1. The molecule has 1 N–H and O–H groups in total. The van der Waals surface area contributed by atoms with Gasteiger partial charge in [0.15, 0.2) is 5.84 Å². The summed E-state index contributed by atoms with van der Waals surface area (Å²) in [6, 6.07) is 24.8. The summed E-state index contributed by atoms with van der Waals surface area (Å²) >= 11 is 1.23. The first-order chi connectivity index (χ1) is 19.3. The van der Waals surface area contributed by atoms with Gasteiger partial charge in [-0.2, -0.15) is 15.1 Å². The number of amides is 1. The van der Waals surface area contributed by atoms with Crippen molar-refractivity contribution in [3.8, 4) is 17.2 Å². The molecule has 8 nitrogen and oxygen atoms in total. The predicted molar refractivity (Wildman–Crippen MR) is 160 cm³/mol. The predicted octanol–water partition coefficient (Wildman–Crippen LogP) is 6.14. The Bertz CT molecular complexity index is 1470. The monoisotopic (exact) mass is 554 g/mol. The quantitative estimate of drug-likeness (QED) is 0.252. The van der Waals surface area contributed by atoms with Crippen molar-refractivity contribution in [1.82, 2.24) is 5.01 Å². The van der Waals surface area contributed by atoms with Gasteiger partial charge in [-0.25, -0.2) is 0 Å². The molecule has 1 amide bonds. The van der Waals surface area contributed by atoms with Gasteiger partial charge in [0, 0.05) is 0 Å². The SMILES string of the molecule is CC(C)(C)c1ccc(OCCOc2ccc(/C=C3/C(=N)N4N=C(COc5ccccc5)SC4=NC3=O)cc2)cc1. The molecule has 3 aromatic rings. The maximum absolute atomic E-state index is 12.7. The highest BCUT2D eigenvalue weighted by Gasteiger charge is 2.35. The number of amidine groups is 2. The fraction of sp³-hybridized carbons (Fsp3) is 0.226. The Balaban J connectivity index is 1.14. The van der Waals surface area contributed by atoms with Crippen LogP contribution in [-0.2, 0) is 10.2 Å². The smallest absolute Gasteiger partial charge is 0.283 e. The normalized spacial score (nSPS) is 16.0. The Hall–Kier alpha value is -4.37. The van der Waals surface area contributed by atoms with Gasteiger partial charge in [0.05, 0.1) is 5.57 Å². The van der Waals surface area contributed by atoms with Crippen molar-refractivity contribution in [1.29, 1.82) is 5.41 Å². The molecule has 2 heterocycles. The minimum Gasteiger partial charge on any atom is -0.490 e. The lowest BCUT2D eigenvalue weighted by atomic mass is 9.87. The van der Waals surface area contributed by atoms with Crippen LogP contribution < -0.4 is 14.2 Å². The number of thioether (sulfide) groups is 1. The largest absolute Gasteiger partial charge is 0.490 e. The molecule has 40 heavy (non-hydrogen) atoms. The van der Waals surface area contributed by atoms with Crippen LogP contribution in [0.4, 0.5) is 0 Å². The highest BCUT2D eigenvalue weighted by molar-refractivity contribution is 8.27. The maximum Gasteiger partial charge on any atom is 0.283 e. The lowest BCUT2D eigenvalue weighted by Gasteiger charge is -2.20. The van der Waals surface area contributed by atoms with Gasteiger partial charge < -0.3 is 14.2 Å². The number of hydrazone groups is 1. The van der Waals surface area contributed by atoms with Crippen LogP contribution in [0.5, 0.6) is 17.2 Å². The number of rotatable bonds is 9. The van der Waals surface area contributed by atoms with E-state index in [0.29, 0.717) is 29.2 Å². The molecule has 2 aliphatic heterocycles. The average Bonchev–Trinajstić information content (AvgIpc) is 3.36. The summed E-state index contributed by atoms with van der Waals surface area (Å²) in [4.78, 5) is 16.8. The summed E-state index contributed by atoms with van der Waals surface area (Å²) < 4.78 is 17.3. The molecule has 0 atom stereocenters. The molecule has 0 aliphatic carbocycles. The minimum absolute atomic E-state index is 0.0229. The lowest BCUT2D eigenvalue weighted by Crippen LogP contribution is -2.35. The van der Waals surface area contributed by atoms with Crippen molar-refractivity contribution in [2.75, 3.05) is 19.8 Å². The number of para-hydroxylation sites is 1. The Morgan fingerprint density at radius 3 is 2.08 bits per heavy atom. The van der Waals surface area contributed by atoms with Crippen LogP contribution in [0.3, 0.4) is 0 Å². The number of benzene rings is 3. The number of nitrogens with one attached hydrogen (secondary N) is 1. The standard InChI is InChI=1S/C31H30N4O4S/c1-31(2,3)22-11-15-25(16-12-22)38-18-17-37-24-13-9-21(10-14-24)19-26-28(32)35-30(33-29(26)36)40-27(34-35)20-39-23-7-5-4-6-8-23/h4-16,19,32H,17-18,20H2,1-3H3/b26-19-,32-28?. The van der Waals surface area contributed by atoms with Crippen molar-refractivity contribution in [2.45, 2.75) is 26.2 Å². The number of aliphatic imine (C=N–C) groups is 1. The molecule has 2 aliphatic rings. The molecule has 204 valence electrons. The first kappa shape index (κ1) is 27.2. The van der Waals surface area contributed by atoms with Crippen LogP contribution in [0.1, 0.15) is 31.9 Å². The number of hydrogen-bond donors (Lipinski definition) is 1. The van der Waals surface area contributed by atoms with Crippen molar-refractivity contribution in [3.05, 3.63) is 95.6 Å². The van der Waals surface area contributed by atoms with E-state index < -0.39 is 5.91 Å². The Kier molecular flexibility index (Phi) is 8.02. The van der Waals surface area contributed by atoms with Gasteiger partial charge in [-0.1, -0.05) is 63.2 Å². The van der Waals surface area contributed by atoms with Gasteiger partial charge >= 0.3 is 0 Å². The van der Waals surface area contributed by atoms with E-state index in [1.165, 1.54) is 22.3 Å². The van der Waals surface area contributed by atoms with Gasteiger partial charge in [0.2, 0.25) is 5.17 Å². The van der Waals surface area contributed by atoms with Crippen molar-refractivity contribution in [3.63, 3.8) is 0 Å². The van der Waals surface area contributed by atoms with Crippen molar-refractivity contribution < 1.29 is 19.0 Å². The van der Waals surface area contributed by atoms with Gasteiger partial charge in [-0.05, 0) is 70.8 Å². The molecular formula is C31H30N4O4S. The van der Waals surface area contributed by atoms with Crippen LogP contribution in [0.2, 0.25) is 0 Å². The molecule has 0 saturated heterocycles. The fourth-order valence-corrected chi connectivity index (χ4v) is 4.75. The molecule has 0 bridgehead atoms. The molecule has 0 unspecified atom stereocenters. The molecule has 3 aromatic carbocycles. The lowest BCUT2D eigenvalue weighted by molar-refractivity contribution is -0.114. The van der Waals surface area contributed by atoms with Crippen molar-refractivity contribution >= 4 is 39.8 Å². The number of carbonyl (C=O) groups excluding carboxylic acids is 1. The van der Waals surface area contributed by atoms with E-state index in [4.69, 9.17) is 19.6 Å². The van der Waals surface area contributed by atoms with Gasteiger partial charge in [0.25, 0.3) is 5.91 Å². The Morgan fingerprint density at radius 2 is 1.45 bits per heavy atom. The van der Waals surface area contributed by atoms with Crippen LogP contribution >= 0.6 is 11.8 Å². The van der Waals surface area contributed by atoms with Crippen LogP contribution in [0.25, 0.3) is 6.08 Å². The van der Waals surface area contributed by atoms with Crippen LogP contribution in [0, 0.1) is 5.41 Å². The van der Waals surface area contributed by atoms with E-state index in [0.717, 1.165) is 17.1 Å². The third kappa shape index (κ3) is 6.60. The van der Waals surface area contributed by atoms with Gasteiger partial charge in [-0.15, -0.1) is 0 Å². The average molecular weight is 555 g/mol. The number of ether oxygens (including phenoxy) is 3. The molecule has 0 aromatic heterocycles. The molecule has 9 heteroatoms. The summed E-state index contributed by atoms with van der Waals surface area (Å²) in [7, 11) is 0. The van der Waals surface area contributed by atoms with Gasteiger partial charge in [0.1, 0.15) is 42.1 Å². The summed E-state index contributed by atoms with van der Waals surface area (Å²) in [5, 5.41) is 15.3. The first-order valence-corrected chi connectivity index (χ1v) is 13.7. The Morgan fingerprint density at radius 1 is 0.850 bits per heavy atom. The number of nitrogens with zero attached hydrogens (tertiary/aromatic N) is 3. The zero-order valence-electron chi connectivity index (χ0n) is 22.6. The van der Waals surface area contributed by atoms with E-state index in [9.17, 15) is 4.79 Å². The maximum atomic E-state index is 12.7. The summed E-state index contributed by atoms with van der Waals surface area (Å²) in [6.07, 6.45) is 1.64. The number of hydrogen-bond acceptors (Lipinski definition) is 7. The molecule has 0 saturated carbocycles. The third-order valence-electron chi connectivity index (χ3n) is 6.13. The fourth-order valence-electron chi connectivity index (χ4n) is 3.95. The van der Waals surface area contributed by atoms with E-state index in [1.807, 2.05) is 66.7 Å². The number of fused-ring (bicyclic) bond motifs is 1. The number of carbonyl (C=O) groups is 1. The Labute approximate surface area is 237 Å². The highest BCUT2D eigenvalue weighted by atomic mass is 32.2. The summed E-state index contributed by atoms with van der Waals surface area (Å²) in [5.74, 6) is 1.71. The topological polar surface area (TPSA) is 96.6 Å². The van der Waals surface area contributed by atoms with Gasteiger partial charge in [-0.3, -0.25) is 10.2 Å². The zero-order valence-corrected chi connectivity index (χ0v) is 23.4. The second-order valence-electron chi connectivity index (χ2n) is 10.2. The second-order valence-corrected chi connectivity index (χ2v) is 11.2. The van der Waals surface area contributed by atoms with Crippen LogP contribution in [-0.4, -0.2) is 46.8 Å². The van der Waals surface area contributed by atoms with Crippen molar-refractivity contribution in [2.24, 2.45) is 10.1 Å². The molecule has 0 fully saturated rings. The van der Waals surface area contributed by atoms with E-state index in [2.05, 4.69) is 43.0 Å². The molecule has 0 spiro atoms. The minimum atomic E-state index is -0.475. The molecular weight excluding hydrogens is 524 g/mol. The van der Waals surface area contributed by atoms with E-state index >= 15 is 0 Å². The molecule has 0 radical (unpaired) electrons. The highest BCUT2D eigenvalue weighted by Crippen LogP contribution is 2.29. The summed E-state index contributed by atoms with van der Waals surface area (Å²) in [5.41, 5.74) is 2.28.